The fraction of sp³-hybridized carbons (Fsp3) is 0.111. The molecule has 72 valence electrons. The van der Waals surface area contributed by atoms with Gasteiger partial charge in [-0.2, -0.15) is 8.75 Å². The SMILES string of the molecule is Fc1ccccc1NCc1cnsn1. The van der Waals surface area contributed by atoms with Crippen molar-refractivity contribution in [2.45, 2.75) is 6.54 Å². The second-order valence-electron chi connectivity index (χ2n) is 2.73. The fourth-order valence-corrected chi connectivity index (χ4v) is 1.48. The number of anilines is 1. The van der Waals surface area contributed by atoms with E-state index in [1.165, 1.54) is 6.07 Å². The maximum Gasteiger partial charge on any atom is 0.146 e. The lowest BCUT2D eigenvalue weighted by Crippen LogP contribution is -2.01. The lowest BCUT2D eigenvalue weighted by Gasteiger charge is -2.04. The number of rotatable bonds is 3. The summed E-state index contributed by atoms with van der Waals surface area (Å²) >= 11 is 1.15. The highest BCUT2D eigenvalue weighted by Gasteiger charge is 2.00. The summed E-state index contributed by atoms with van der Waals surface area (Å²) in [5.74, 6) is -0.254. The molecule has 0 radical (unpaired) electrons. The highest BCUT2D eigenvalue weighted by molar-refractivity contribution is 6.99. The average molecular weight is 209 g/mol. The Morgan fingerprint density at radius 2 is 2.21 bits per heavy atom. The molecule has 0 unspecified atom stereocenters. The molecular formula is C9H8FN3S. The minimum absolute atomic E-state index is 0.254. The summed E-state index contributed by atoms with van der Waals surface area (Å²) in [6.45, 7) is 0.497. The van der Waals surface area contributed by atoms with Crippen LogP contribution in [0.1, 0.15) is 5.69 Å². The Morgan fingerprint density at radius 1 is 1.36 bits per heavy atom. The highest BCUT2D eigenvalue weighted by Crippen LogP contribution is 2.13. The van der Waals surface area contributed by atoms with E-state index >= 15 is 0 Å². The van der Waals surface area contributed by atoms with Crippen LogP contribution in [-0.2, 0) is 6.54 Å². The van der Waals surface area contributed by atoms with Gasteiger partial charge in [-0.05, 0) is 12.1 Å². The minimum Gasteiger partial charge on any atom is -0.377 e. The van der Waals surface area contributed by atoms with Gasteiger partial charge in [0.15, 0.2) is 0 Å². The third-order valence-electron chi connectivity index (χ3n) is 1.74. The number of benzene rings is 1. The van der Waals surface area contributed by atoms with Crippen molar-refractivity contribution in [3.63, 3.8) is 0 Å². The van der Waals surface area contributed by atoms with Crippen molar-refractivity contribution in [3.05, 3.63) is 42.0 Å². The zero-order chi connectivity index (χ0) is 9.80. The number of nitrogens with zero attached hydrogens (tertiary/aromatic N) is 2. The Labute approximate surface area is 84.9 Å². The molecular weight excluding hydrogens is 201 g/mol. The van der Waals surface area contributed by atoms with Crippen LogP contribution in [0.3, 0.4) is 0 Å². The molecule has 1 aromatic carbocycles. The molecule has 0 atom stereocenters. The van der Waals surface area contributed by atoms with Gasteiger partial charge < -0.3 is 5.32 Å². The molecule has 14 heavy (non-hydrogen) atoms. The van der Waals surface area contributed by atoms with Gasteiger partial charge in [0.05, 0.1) is 35.9 Å². The van der Waals surface area contributed by atoms with Crippen LogP contribution in [-0.4, -0.2) is 8.75 Å². The van der Waals surface area contributed by atoms with E-state index in [1.807, 2.05) is 0 Å². The first kappa shape index (κ1) is 9.08. The molecule has 0 aliphatic carbocycles. The molecule has 0 spiro atoms. The van der Waals surface area contributed by atoms with Crippen LogP contribution in [0.2, 0.25) is 0 Å². The van der Waals surface area contributed by atoms with Gasteiger partial charge in [0, 0.05) is 0 Å². The third-order valence-corrected chi connectivity index (χ3v) is 2.26. The van der Waals surface area contributed by atoms with E-state index in [0.29, 0.717) is 12.2 Å². The number of hydrogen-bond acceptors (Lipinski definition) is 4. The van der Waals surface area contributed by atoms with Crippen molar-refractivity contribution in [1.29, 1.82) is 0 Å². The van der Waals surface area contributed by atoms with Gasteiger partial charge in [-0.1, -0.05) is 12.1 Å². The lowest BCUT2D eigenvalue weighted by molar-refractivity contribution is 0.630. The van der Waals surface area contributed by atoms with E-state index in [-0.39, 0.29) is 5.82 Å². The maximum absolute atomic E-state index is 13.1. The van der Waals surface area contributed by atoms with E-state index in [0.717, 1.165) is 17.4 Å². The Balaban J connectivity index is 2.02. The van der Waals surface area contributed by atoms with Crippen LogP contribution in [0.4, 0.5) is 10.1 Å². The quantitative estimate of drug-likeness (QED) is 0.842. The van der Waals surface area contributed by atoms with Gasteiger partial charge in [-0.25, -0.2) is 4.39 Å². The molecule has 3 nitrogen and oxygen atoms in total. The predicted molar refractivity (Wildman–Crippen MR) is 53.6 cm³/mol. The van der Waals surface area contributed by atoms with E-state index < -0.39 is 0 Å². The molecule has 5 heteroatoms. The van der Waals surface area contributed by atoms with Crippen molar-refractivity contribution in [2.75, 3.05) is 5.32 Å². The first-order valence-electron chi connectivity index (χ1n) is 4.11. The summed E-state index contributed by atoms with van der Waals surface area (Å²) in [5.41, 5.74) is 1.30. The second-order valence-corrected chi connectivity index (χ2v) is 3.29. The van der Waals surface area contributed by atoms with Crippen LogP contribution in [0.15, 0.2) is 30.5 Å². The molecule has 0 saturated carbocycles. The Hall–Kier alpha value is -1.49. The maximum atomic E-state index is 13.1. The van der Waals surface area contributed by atoms with Crippen LogP contribution in [0, 0.1) is 5.82 Å². The summed E-state index contributed by atoms with van der Waals surface area (Å²) in [5, 5.41) is 2.94. The van der Waals surface area contributed by atoms with Gasteiger partial charge >= 0.3 is 0 Å². The minimum atomic E-state index is -0.254. The molecule has 0 bridgehead atoms. The van der Waals surface area contributed by atoms with Gasteiger partial charge in [0.1, 0.15) is 5.82 Å². The molecule has 2 aromatic rings. The number of para-hydroxylation sites is 1. The van der Waals surface area contributed by atoms with Crippen molar-refractivity contribution < 1.29 is 4.39 Å². The van der Waals surface area contributed by atoms with Crippen LogP contribution in [0.5, 0.6) is 0 Å². The predicted octanol–water partition coefficient (Wildman–Crippen LogP) is 2.29. The standard InChI is InChI=1S/C9H8FN3S/c10-8-3-1-2-4-9(8)11-5-7-6-12-14-13-7/h1-4,6,11H,5H2. The molecule has 1 aromatic heterocycles. The topological polar surface area (TPSA) is 37.8 Å². The van der Waals surface area contributed by atoms with Crippen molar-refractivity contribution in [3.8, 4) is 0 Å². The van der Waals surface area contributed by atoms with Crippen LogP contribution in [0.25, 0.3) is 0 Å². The summed E-state index contributed by atoms with van der Waals surface area (Å²) in [4.78, 5) is 0. The third kappa shape index (κ3) is 2.05. The number of hydrogen-bond donors (Lipinski definition) is 1. The van der Waals surface area contributed by atoms with Crippen molar-refractivity contribution >= 4 is 17.4 Å². The summed E-state index contributed by atoms with van der Waals surface area (Å²) < 4.78 is 21.0. The van der Waals surface area contributed by atoms with E-state index in [2.05, 4.69) is 14.1 Å². The Kier molecular flexibility index (Phi) is 2.69. The molecule has 2 rings (SSSR count). The van der Waals surface area contributed by atoms with Gasteiger partial charge in [-0.3, -0.25) is 0 Å². The number of nitrogens with one attached hydrogen (secondary N) is 1. The zero-order valence-corrected chi connectivity index (χ0v) is 8.09. The van der Waals surface area contributed by atoms with Crippen molar-refractivity contribution in [2.24, 2.45) is 0 Å². The molecule has 1 N–H and O–H groups in total. The second kappa shape index (κ2) is 4.15. The summed E-state index contributed by atoms with van der Waals surface area (Å²) in [7, 11) is 0. The first-order valence-corrected chi connectivity index (χ1v) is 4.84. The molecule has 1 heterocycles. The van der Waals surface area contributed by atoms with E-state index in [1.54, 1.807) is 24.4 Å². The Morgan fingerprint density at radius 3 is 2.93 bits per heavy atom. The van der Waals surface area contributed by atoms with Crippen LogP contribution < -0.4 is 5.32 Å². The number of halogens is 1. The normalized spacial score (nSPS) is 10.1. The highest BCUT2D eigenvalue weighted by atomic mass is 32.1. The zero-order valence-electron chi connectivity index (χ0n) is 7.27. The van der Waals surface area contributed by atoms with E-state index in [4.69, 9.17) is 0 Å². The summed E-state index contributed by atoms with van der Waals surface area (Å²) in [6, 6.07) is 6.55. The molecule has 0 saturated heterocycles. The largest absolute Gasteiger partial charge is 0.377 e. The van der Waals surface area contributed by atoms with Crippen LogP contribution >= 0.6 is 11.7 Å². The smallest absolute Gasteiger partial charge is 0.146 e. The van der Waals surface area contributed by atoms with E-state index in [9.17, 15) is 4.39 Å². The molecule has 0 fully saturated rings. The number of aromatic nitrogens is 2. The van der Waals surface area contributed by atoms with Crippen molar-refractivity contribution in [1.82, 2.24) is 8.75 Å². The lowest BCUT2D eigenvalue weighted by atomic mass is 10.3. The molecule has 0 aliphatic rings. The fourth-order valence-electron chi connectivity index (χ4n) is 1.05. The Bertz CT molecular complexity index is 402. The monoisotopic (exact) mass is 209 g/mol. The average Bonchev–Trinajstić information content (AvgIpc) is 2.69. The summed E-state index contributed by atoms with van der Waals surface area (Å²) in [6.07, 6.45) is 1.67. The molecule has 0 amide bonds. The van der Waals surface area contributed by atoms with Gasteiger partial charge in [0.25, 0.3) is 0 Å². The van der Waals surface area contributed by atoms with Gasteiger partial charge in [-0.15, -0.1) is 0 Å². The van der Waals surface area contributed by atoms with Gasteiger partial charge in [0.2, 0.25) is 0 Å². The molecule has 0 aliphatic heterocycles. The first-order chi connectivity index (χ1) is 6.86.